The van der Waals surface area contributed by atoms with Gasteiger partial charge in [0.2, 0.25) is 0 Å². The van der Waals surface area contributed by atoms with Crippen LogP contribution in [0.4, 0.5) is 4.79 Å². The van der Waals surface area contributed by atoms with E-state index in [-0.39, 0.29) is 18.1 Å². The Morgan fingerprint density at radius 3 is 2.29 bits per heavy atom. The highest BCUT2D eigenvalue weighted by Crippen LogP contribution is 2.25. The summed E-state index contributed by atoms with van der Waals surface area (Å²) in [4.78, 5) is 11.5. The second-order valence-electron chi connectivity index (χ2n) is 4.17. The Morgan fingerprint density at radius 2 is 1.76 bits per heavy atom. The van der Waals surface area contributed by atoms with Gasteiger partial charge in [0.15, 0.2) is 0 Å². The van der Waals surface area contributed by atoms with E-state index in [1.54, 1.807) is 12.1 Å². The van der Waals surface area contributed by atoms with Gasteiger partial charge in [0.1, 0.15) is 0 Å². The third kappa shape index (κ3) is 4.44. The molecule has 0 fully saturated rings. The Kier molecular flexibility index (Phi) is 5.09. The molecule has 2 N–H and O–H groups in total. The molecular formula is C12H16Cl2N2O. The van der Waals surface area contributed by atoms with Crippen molar-refractivity contribution in [2.45, 2.75) is 32.9 Å². The van der Waals surface area contributed by atoms with Crippen molar-refractivity contribution in [2.75, 3.05) is 0 Å². The quantitative estimate of drug-likeness (QED) is 0.866. The zero-order valence-electron chi connectivity index (χ0n) is 10.1. The van der Waals surface area contributed by atoms with E-state index in [0.29, 0.717) is 10.0 Å². The molecule has 3 nitrogen and oxygen atoms in total. The SMILES string of the molecule is CC(C)NC(=O)N[C@@H](C)c1ccc(Cl)c(Cl)c1. The summed E-state index contributed by atoms with van der Waals surface area (Å²) in [6, 6.07) is 5.11. The van der Waals surface area contributed by atoms with Crippen LogP contribution in [0.15, 0.2) is 18.2 Å². The molecule has 0 heterocycles. The van der Waals surface area contributed by atoms with E-state index < -0.39 is 0 Å². The highest BCUT2D eigenvalue weighted by molar-refractivity contribution is 6.42. The van der Waals surface area contributed by atoms with E-state index in [0.717, 1.165) is 5.56 Å². The Bertz CT molecular complexity index is 407. The van der Waals surface area contributed by atoms with Crippen LogP contribution in [0, 0.1) is 0 Å². The van der Waals surface area contributed by atoms with E-state index in [1.165, 1.54) is 0 Å². The molecule has 0 spiro atoms. The molecule has 0 aromatic heterocycles. The Labute approximate surface area is 111 Å². The number of nitrogens with one attached hydrogen (secondary N) is 2. The van der Waals surface area contributed by atoms with Crippen LogP contribution < -0.4 is 10.6 Å². The van der Waals surface area contributed by atoms with Crippen molar-refractivity contribution in [1.82, 2.24) is 10.6 Å². The molecule has 0 radical (unpaired) electrons. The van der Waals surface area contributed by atoms with Gasteiger partial charge in [-0.15, -0.1) is 0 Å². The first-order chi connectivity index (χ1) is 7.90. The Hall–Kier alpha value is -0.930. The van der Waals surface area contributed by atoms with Crippen LogP contribution in [-0.4, -0.2) is 12.1 Å². The maximum absolute atomic E-state index is 11.5. The molecule has 0 aliphatic carbocycles. The zero-order valence-corrected chi connectivity index (χ0v) is 11.6. The molecule has 1 atom stereocenters. The first-order valence-electron chi connectivity index (χ1n) is 5.42. The average molecular weight is 275 g/mol. The smallest absolute Gasteiger partial charge is 0.315 e. The van der Waals surface area contributed by atoms with Gasteiger partial charge < -0.3 is 10.6 Å². The monoisotopic (exact) mass is 274 g/mol. The summed E-state index contributed by atoms with van der Waals surface area (Å²) >= 11 is 11.7. The van der Waals surface area contributed by atoms with Crippen LogP contribution in [0.25, 0.3) is 0 Å². The number of urea groups is 1. The lowest BCUT2D eigenvalue weighted by Gasteiger charge is -2.17. The minimum Gasteiger partial charge on any atom is -0.336 e. The standard InChI is InChI=1S/C12H16Cl2N2O/c1-7(2)15-12(17)16-8(3)9-4-5-10(13)11(14)6-9/h4-8H,1-3H3,(H2,15,16,17)/t8-/m0/s1. The van der Waals surface area contributed by atoms with Gasteiger partial charge in [0.05, 0.1) is 16.1 Å². The number of hydrogen-bond acceptors (Lipinski definition) is 1. The molecule has 0 saturated carbocycles. The van der Waals surface area contributed by atoms with Crippen LogP contribution >= 0.6 is 23.2 Å². The number of carbonyl (C=O) groups is 1. The van der Waals surface area contributed by atoms with Gasteiger partial charge in [-0.3, -0.25) is 0 Å². The first-order valence-corrected chi connectivity index (χ1v) is 6.17. The van der Waals surface area contributed by atoms with Crippen molar-refractivity contribution in [1.29, 1.82) is 0 Å². The van der Waals surface area contributed by atoms with E-state index in [9.17, 15) is 4.79 Å². The summed E-state index contributed by atoms with van der Waals surface area (Å²) in [5, 5.41) is 6.58. The molecular weight excluding hydrogens is 259 g/mol. The molecule has 0 unspecified atom stereocenters. The number of halogens is 2. The van der Waals surface area contributed by atoms with Crippen molar-refractivity contribution in [3.63, 3.8) is 0 Å². The van der Waals surface area contributed by atoms with Crippen LogP contribution in [0.1, 0.15) is 32.4 Å². The number of carbonyl (C=O) groups excluding carboxylic acids is 1. The van der Waals surface area contributed by atoms with Crippen molar-refractivity contribution < 1.29 is 4.79 Å². The van der Waals surface area contributed by atoms with Crippen LogP contribution in [0.5, 0.6) is 0 Å². The van der Waals surface area contributed by atoms with Crippen LogP contribution in [0.2, 0.25) is 10.0 Å². The van der Waals surface area contributed by atoms with Crippen LogP contribution in [0.3, 0.4) is 0 Å². The zero-order chi connectivity index (χ0) is 13.0. The van der Waals surface area contributed by atoms with Gasteiger partial charge >= 0.3 is 6.03 Å². The molecule has 94 valence electrons. The van der Waals surface area contributed by atoms with E-state index in [4.69, 9.17) is 23.2 Å². The number of amides is 2. The van der Waals surface area contributed by atoms with Gasteiger partial charge in [-0.1, -0.05) is 29.3 Å². The Balaban J connectivity index is 2.66. The lowest BCUT2D eigenvalue weighted by atomic mass is 10.1. The Morgan fingerprint density at radius 1 is 1.12 bits per heavy atom. The number of benzene rings is 1. The summed E-state index contributed by atoms with van der Waals surface area (Å²) in [6.07, 6.45) is 0. The minimum absolute atomic E-state index is 0.107. The van der Waals surface area contributed by atoms with Gasteiger partial charge in [-0.05, 0) is 38.5 Å². The molecule has 5 heteroatoms. The van der Waals surface area contributed by atoms with Crippen molar-refractivity contribution in [3.8, 4) is 0 Å². The molecule has 2 amide bonds. The largest absolute Gasteiger partial charge is 0.336 e. The maximum atomic E-state index is 11.5. The third-order valence-corrected chi connectivity index (χ3v) is 2.95. The second kappa shape index (κ2) is 6.12. The third-order valence-electron chi connectivity index (χ3n) is 2.21. The molecule has 1 aromatic carbocycles. The molecule has 0 aliphatic heterocycles. The molecule has 17 heavy (non-hydrogen) atoms. The molecule has 0 saturated heterocycles. The fraction of sp³-hybridized carbons (Fsp3) is 0.417. The summed E-state index contributed by atoms with van der Waals surface area (Å²) in [6.45, 7) is 5.70. The summed E-state index contributed by atoms with van der Waals surface area (Å²) in [5.74, 6) is 0. The molecule has 1 rings (SSSR count). The molecule has 0 bridgehead atoms. The minimum atomic E-state index is -0.196. The second-order valence-corrected chi connectivity index (χ2v) is 4.98. The maximum Gasteiger partial charge on any atom is 0.315 e. The van der Waals surface area contributed by atoms with E-state index >= 15 is 0 Å². The van der Waals surface area contributed by atoms with Crippen LogP contribution in [-0.2, 0) is 0 Å². The first kappa shape index (κ1) is 14.1. The highest BCUT2D eigenvalue weighted by Gasteiger charge is 2.11. The fourth-order valence-electron chi connectivity index (χ4n) is 1.37. The predicted molar refractivity (Wildman–Crippen MR) is 71.7 cm³/mol. The van der Waals surface area contributed by atoms with E-state index in [1.807, 2.05) is 26.8 Å². The number of hydrogen-bond donors (Lipinski definition) is 2. The molecule has 1 aromatic rings. The lowest BCUT2D eigenvalue weighted by molar-refractivity contribution is 0.235. The van der Waals surface area contributed by atoms with Gasteiger partial charge in [0, 0.05) is 6.04 Å². The topological polar surface area (TPSA) is 41.1 Å². The summed E-state index contributed by atoms with van der Waals surface area (Å²) in [5.41, 5.74) is 0.915. The normalized spacial score (nSPS) is 12.4. The summed E-state index contributed by atoms with van der Waals surface area (Å²) in [7, 11) is 0. The van der Waals surface area contributed by atoms with Crippen molar-refractivity contribution >= 4 is 29.2 Å². The fourth-order valence-corrected chi connectivity index (χ4v) is 1.67. The van der Waals surface area contributed by atoms with Crippen molar-refractivity contribution in [3.05, 3.63) is 33.8 Å². The highest BCUT2D eigenvalue weighted by atomic mass is 35.5. The summed E-state index contributed by atoms with van der Waals surface area (Å²) < 4.78 is 0. The van der Waals surface area contributed by atoms with E-state index in [2.05, 4.69) is 10.6 Å². The van der Waals surface area contributed by atoms with Crippen molar-refractivity contribution in [2.24, 2.45) is 0 Å². The van der Waals surface area contributed by atoms with Gasteiger partial charge in [-0.2, -0.15) is 0 Å². The lowest BCUT2D eigenvalue weighted by Crippen LogP contribution is -2.40. The van der Waals surface area contributed by atoms with Gasteiger partial charge in [-0.25, -0.2) is 4.79 Å². The average Bonchev–Trinajstić information content (AvgIpc) is 2.20. The molecule has 0 aliphatic rings. The number of rotatable bonds is 3. The predicted octanol–water partition coefficient (Wildman–Crippen LogP) is 3.76. The van der Waals surface area contributed by atoms with Gasteiger partial charge in [0.25, 0.3) is 0 Å².